The summed E-state index contributed by atoms with van der Waals surface area (Å²) in [6.07, 6.45) is 3.47. The van der Waals surface area contributed by atoms with Crippen LogP contribution in [0.4, 0.5) is 10.5 Å². The van der Waals surface area contributed by atoms with Crippen LogP contribution >= 0.6 is 24.2 Å². The fourth-order valence-corrected chi connectivity index (χ4v) is 6.95. The lowest BCUT2D eigenvalue weighted by atomic mass is 9.84. The van der Waals surface area contributed by atoms with E-state index in [2.05, 4.69) is 17.9 Å². The molecule has 50 heavy (non-hydrogen) atoms. The highest BCUT2D eigenvalue weighted by Gasteiger charge is 2.64. The molecule has 13 nitrogen and oxygen atoms in total. The number of thiol groups is 1. The number of hydrogen-bond acceptors (Lipinski definition) is 11. The molecule has 3 aliphatic heterocycles. The van der Waals surface area contributed by atoms with Crippen molar-refractivity contribution in [3.8, 4) is 5.75 Å². The zero-order chi connectivity index (χ0) is 37.0. The van der Waals surface area contributed by atoms with E-state index in [1.165, 1.54) is 31.1 Å². The smallest absolute Gasteiger partial charge is 0.409 e. The van der Waals surface area contributed by atoms with E-state index < -0.39 is 59.6 Å². The summed E-state index contributed by atoms with van der Waals surface area (Å²) in [5, 5.41) is 3.01. The van der Waals surface area contributed by atoms with Crippen molar-refractivity contribution in [3.05, 3.63) is 46.5 Å². The van der Waals surface area contributed by atoms with E-state index in [1.807, 2.05) is 44.2 Å². The Bertz CT molecular complexity index is 1520. The molecule has 0 aliphatic carbocycles. The molecule has 4 rings (SSSR count). The molecule has 3 unspecified atom stereocenters. The maximum Gasteiger partial charge on any atom is 0.409 e. The van der Waals surface area contributed by atoms with Crippen LogP contribution in [0.25, 0.3) is 0 Å². The van der Waals surface area contributed by atoms with Crippen molar-refractivity contribution in [2.45, 2.75) is 95.5 Å². The van der Waals surface area contributed by atoms with Crippen molar-refractivity contribution in [2.75, 3.05) is 39.0 Å². The van der Waals surface area contributed by atoms with Gasteiger partial charge >= 0.3 is 12.1 Å². The first-order valence-electron chi connectivity index (χ1n) is 16.5. The van der Waals surface area contributed by atoms with Crippen molar-refractivity contribution in [2.24, 2.45) is 5.92 Å². The van der Waals surface area contributed by atoms with Crippen LogP contribution < -0.4 is 15.0 Å². The maximum atomic E-state index is 14.1. The highest BCUT2D eigenvalue weighted by molar-refractivity contribution is 7.80. The molecule has 1 aromatic carbocycles. The number of benzene rings is 1. The van der Waals surface area contributed by atoms with Crippen molar-refractivity contribution in [3.63, 3.8) is 0 Å². The van der Waals surface area contributed by atoms with Crippen LogP contribution in [0.1, 0.15) is 58.9 Å². The Morgan fingerprint density at radius 1 is 1.26 bits per heavy atom. The summed E-state index contributed by atoms with van der Waals surface area (Å²) in [5.74, 6) is -1.11. The number of esters is 1. The average molecular weight is 738 g/mol. The van der Waals surface area contributed by atoms with Crippen molar-refractivity contribution in [1.82, 2.24) is 10.2 Å². The van der Waals surface area contributed by atoms with Gasteiger partial charge in [0, 0.05) is 39.3 Å². The van der Waals surface area contributed by atoms with E-state index in [4.69, 9.17) is 40.3 Å². The summed E-state index contributed by atoms with van der Waals surface area (Å²) in [6, 6.07) is 2.68. The lowest BCUT2D eigenvalue weighted by Crippen LogP contribution is -2.59. The zero-order valence-corrected chi connectivity index (χ0v) is 31.5. The number of nitrogens with zero attached hydrogens (tertiary/aromatic N) is 2. The lowest BCUT2D eigenvalue weighted by Gasteiger charge is -2.40. The molecular weight excluding hydrogens is 690 g/mol. The molecule has 3 aliphatic rings. The van der Waals surface area contributed by atoms with Crippen molar-refractivity contribution < 1.29 is 47.9 Å². The highest BCUT2D eigenvalue weighted by Crippen LogP contribution is 2.49. The Morgan fingerprint density at radius 3 is 2.64 bits per heavy atom. The number of rotatable bonds is 8. The van der Waals surface area contributed by atoms with E-state index in [1.54, 1.807) is 20.9 Å². The van der Waals surface area contributed by atoms with Gasteiger partial charge in [0.1, 0.15) is 34.6 Å². The summed E-state index contributed by atoms with van der Waals surface area (Å²) >= 11 is 10.9. The molecule has 0 aromatic heterocycles. The summed E-state index contributed by atoms with van der Waals surface area (Å²) in [4.78, 5) is 66.5. The van der Waals surface area contributed by atoms with Gasteiger partial charge in [-0.2, -0.15) is 12.6 Å². The molecule has 0 saturated carbocycles. The van der Waals surface area contributed by atoms with E-state index in [0.717, 1.165) is 11.1 Å². The number of fused-ring (bicyclic) bond motifs is 5. The SMILES string of the molecule is COO[C@]12C/C=C/C=C(\C)Cc3cc(OC)c(Cl)c(c3)N(C)C(=O)C[C@H](OC(=O)[C@H](C)N(C)C(=O)CCS)C3(C)OC3[C@H](C)C(C1)OC(=O)N2. The Hall–Kier alpha value is -3.30. The van der Waals surface area contributed by atoms with Gasteiger partial charge in [-0.25, -0.2) is 19.4 Å². The highest BCUT2D eigenvalue weighted by atomic mass is 35.5. The van der Waals surface area contributed by atoms with Crippen LogP contribution in [0.15, 0.2) is 35.9 Å². The van der Waals surface area contributed by atoms with Gasteiger partial charge in [-0.1, -0.05) is 42.3 Å². The van der Waals surface area contributed by atoms with Gasteiger partial charge in [-0.15, -0.1) is 0 Å². The quantitative estimate of drug-likeness (QED) is 0.126. The summed E-state index contributed by atoms with van der Waals surface area (Å²) < 4.78 is 23.6. The first-order valence-corrected chi connectivity index (χ1v) is 17.5. The first kappa shape index (κ1) is 39.5. The Morgan fingerprint density at radius 2 is 1.98 bits per heavy atom. The summed E-state index contributed by atoms with van der Waals surface area (Å²) in [7, 11) is 5.97. The molecule has 7 atom stereocenters. The molecule has 276 valence electrons. The molecular formula is C35H48ClN3O10S. The van der Waals surface area contributed by atoms with Gasteiger partial charge in [0.15, 0.2) is 5.72 Å². The molecule has 1 N–H and O–H groups in total. The van der Waals surface area contributed by atoms with E-state index >= 15 is 0 Å². The number of epoxide rings is 1. The number of alkyl carbamates (subject to hydrolysis) is 1. The summed E-state index contributed by atoms with van der Waals surface area (Å²) in [5.41, 5.74) is -0.139. The van der Waals surface area contributed by atoms with Crippen LogP contribution in [-0.4, -0.2) is 98.5 Å². The third-order valence-electron chi connectivity index (χ3n) is 9.70. The second-order valence-corrected chi connectivity index (χ2v) is 14.1. The minimum absolute atomic E-state index is 0.141. The zero-order valence-electron chi connectivity index (χ0n) is 29.8. The molecule has 2 saturated heterocycles. The van der Waals surface area contributed by atoms with Crippen LogP contribution in [-0.2, 0) is 44.8 Å². The fraction of sp³-hybridized carbons (Fsp3) is 0.600. The van der Waals surface area contributed by atoms with Crippen LogP contribution in [0, 0.1) is 5.92 Å². The molecule has 3 amide bonds. The molecule has 0 radical (unpaired) electrons. The van der Waals surface area contributed by atoms with Gasteiger partial charge < -0.3 is 28.7 Å². The molecule has 4 bridgehead atoms. The largest absolute Gasteiger partial charge is 0.495 e. The number of halogens is 1. The predicted octanol–water partition coefficient (Wildman–Crippen LogP) is 4.80. The topological polar surface area (TPSA) is 145 Å². The molecule has 2 fully saturated rings. The third-order valence-corrected chi connectivity index (χ3v) is 10.3. The van der Waals surface area contributed by atoms with Crippen molar-refractivity contribution in [1.29, 1.82) is 0 Å². The van der Waals surface area contributed by atoms with Gasteiger partial charge in [0.05, 0.1) is 32.4 Å². The Balaban J connectivity index is 1.76. The maximum absolute atomic E-state index is 14.1. The molecule has 3 heterocycles. The monoisotopic (exact) mass is 737 g/mol. The average Bonchev–Trinajstić information content (AvgIpc) is 3.77. The number of nitrogens with one attached hydrogen (secondary N) is 1. The van der Waals surface area contributed by atoms with Crippen LogP contribution in [0.3, 0.4) is 0 Å². The third kappa shape index (κ3) is 8.76. The fourth-order valence-electron chi connectivity index (χ4n) is 6.45. The number of methoxy groups -OCH3 is 1. The minimum atomic E-state index is -1.24. The number of likely N-dealkylation sites (N-methyl/N-ethyl adjacent to an activating group) is 1. The number of hydrogen-bond donors (Lipinski definition) is 2. The number of carbonyl (C=O) groups excluding carboxylic acids is 4. The first-order chi connectivity index (χ1) is 23.6. The normalized spacial score (nSPS) is 30.8. The lowest BCUT2D eigenvalue weighted by molar-refractivity contribution is -0.360. The number of allylic oxidation sites excluding steroid dienone is 3. The second-order valence-electron chi connectivity index (χ2n) is 13.3. The number of ether oxygens (including phenoxy) is 4. The van der Waals surface area contributed by atoms with E-state index in [-0.39, 0.29) is 36.6 Å². The molecule has 0 spiro atoms. The summed E-state index contributed by atoms with van der Waals surface area (Å²) in [6.45, 7) is 7.13. The predicted molar refractivity (Wildman–Crippen MR) is 189 cm³/mol. The molecule has 1 aromatic rings. The molecule has 15 heteroatoms. The second kappa shape index (κ2) is 16.4. The Labute approximate surface area is 303 Å². The van der Waals surface area contributed by atoms with Gasteiger partial charge in [0.25, 0.3) is 0 Å². The number of amides is 3. The van der Waals surface area contributed by atoms with Gasteiger partial charge in [-0.3, -0.25) is 14.9 Å². The van der Waals surface area contributed by atoms with Crippen LogP contribution in [0.2, 0.25) is 5.02 Å². The van der Waals surface area contributed by atoms with Gasteiger partial charge in [0.2, 0.25) is 11.8 Å². The van der Waals surface area contributed by atoms with E-state index in [0.29, 0.717) is 23.6 Å². The van der Waals surface area contributed by atoms with E-state index in [9.17, 15) is 19.2 Å². The Kier molecular flexibility index (Phi) is 12.9. The standard InChI is InChI=1S/C35H48ClN3O10S/c1-20-11-9-10-13-35(49-45-8)19-26(46-33(43)37-35)21(2)31-34(4,48-31)27(47-32(42)22(3)38(5)28(40)12-14-50)18-29(41)39(6)24-16-23(15-20)17-25(44-7)30(24)36/h9-11,16-17,21-22,26-27,31,50H,12-15,18-19H2,1-8H3,(H,37,43)/b10-9+,20-11+/t21-,22+,26?,27+,31?,34?,35-/m1/s1. The number of anilines is 1. The van der Waals surface area contributed by atoms with Crippen molar-refractivity contribution >= 4 is 53.8 Å². The number of carbonyl (C=O) groups is 4. The minimum Gasteiger partial charge on any atom is -0.495 e. The van der Waals surface area contributed by atoms with Crippen LogP contribution in [0.5, 0.6) is 5.75 Å². The van der Waals surface area contributed by atoms with Gasteiger partial charge in [-0.05, 0) is 50.6 Å².